The van der Waals surface area contributed by atoms with Crippen LogP contribution in [0.2, 0.25) is 0 Å². The van der Waals surface area contributed by atoms with E-state index in [1.165, 1.54) is 25.3 Å². The first-order chi connectivity index (χ1) is 10.6. The quantitative estimate of drug-likeness (QED) is 0.388. The first-order valence-electron chi connectivity index (χ1n) is 7.79. The van der Waals surface area contributed by atoms with E-state index < -0.39 is 0 Å². The van der Waals surface area contributed by atoms with E-state index in [0.29, 0.717) is 12.6 Å². The lowest BCUT2D eigenvalue weighted by Crippen LogP contribution is -2.44. The summed E-state index contributed by atoms with van der Waals surface area (Å²) in [6, 6.07) is 7.12. The highest BCUT2D eigenvalue weighted by molar-refractivity contribution is 5.79. The highest BCUT2D eigenvalue weighted by Gasteiger charge is 2.19. The highest BCUT2D eigenvalue weighted by Crippen LogP contribution is 2.23. The van der Waals surface area contributed by atoms with Crippen molar-refractivity contribution >= 4 is 11.6 Å². The molecule has 0 spiro atoms. The lowest BCUT2D eigenvalue weighted by atomic mass is 9.87. The largest absolute Gasteiger partial charge is 0.354 e. The maximum Gasteiger partial charge on any atom is 0.269 e. The van der Waals surface area contributed by atoms with Gasteiger partial charge in [0.15, 0.2) is 5.96 Å². The summed E-state index contributed by atoms with van der Waals surface area (Å²) in [5, 5.41) is 17.5. The third kappa shape index (κ3) is 4.72. The van der Waals surface area contributed by atoms with Crippen LogP contribution in [0.3, 0.4) is 0 Å². The molecule has 1 aliphatic carbocycles. The molecule has 0 bridgehead atoms. The predicted molar refractivity (Wildman–Crippen MR) is 87.9 cm³/mol. The first-order valence-corrected chi connectivity index (χ1v) is 7.79. The van der Waals surface area contributed by atoms with Crippen molar-refractivity contribution in [2.45, 2.75) is 45.2 Å². The Hall–Kier alpha value is -2.11. The third-order valence-corrected chi connectivity index (χ3v) is 4.08. The SMILES string of the molecule is CN=C(NCc1cccc([N+](=O)[O-])c1)NC1CCCC(C)C1. The van der Waals surface area contributed by atoms with Crippen molar-refractivity contribution in [1.82, 2.24) is 10.6 Å². The predicted octanol–water partition coefficient (Wildman–Crippen LogP) is 2.84. The van der Waals surface area contributed by atoms with Gasteiger partial charge in [0.2, 0.25) is 0 Å². The Morgan fingerprint density at radius 2 is 2.27 bits per heavy atom. The molecule has 6 heteroatoms. The Kier molecular flexibility index (Phi) is 5.75. The van der Waals surface area contributed by atoms with E-state index in [9.17, 15) is 10.1 Å². The molecule has 0 heterocycles. The number of guanidine groups is 1. The molecule has 120 valence electrons. The van der Waals surface area contributed by atoms with E-state index in [2.05, 4.69) is 22.5 Å². The van der Waals surface area contributed by atoms with Gasteiger partial charge in [-0.2, -0.15) is 0 Å². The summed E-state index contributed by atoms with van der Waals surface area (Å²) in [7, 11) is 1.75. The number of hydrogen-bond donors (Lipinski definition) is 2. The van der Waals surface area contributed by atoms with E-state index in [-0.39, 0.29) is 10.6 Å². The molecule has 0 amide bonds. The maximum atomic E-state index is 10.8. The third-order valence-electron chi connectivity index (χ3n) is 4.08. The molecule has 1 aliphatic rings. The van der Waals surface area contributed by atoms with Crippen LogP contribution in [0.15, 0.2) is 29.3 Å². The van der Waals surface area contributed by atoms with Gasteiger partial charge in [0.05, 0.1) is 4.92 Å². The molecule has 2 rings (SSSR count). The van der Waals surface area contributed by atoms with Gasteiger partial charge in [-0.1, -0.05) is 31.9 Å². The van der Waals surface area contributed by atoms with Crippen LogP contribution in [0.25, 0.3) is 0 Å². The Balaban J connectivity index is 1.88. The Bertz CT molecular complexity index is 545. The topological polar surface area (TPSA) is 79.6 Å². The van der Waals surface area contributed by atoms with Crippen molar-refractivity contribution in [2.24, 2.45) is 10.9 Å². The van der Waals surface area contributed by atoms with E-state index in [1.807, 2.05) is 6.07 Å². The van der Waals surface area contributed by atoms with Gasteiger partial charge < -0.3 is 10.6 Å². The summed E-state index contributed by atoms with van der Waals surface area (Å²) in [6.45, 7) is 2.80. The van der Waals surface area contributed by atoms with Crippen LogP contribution in [0.5, 0.6) is 0 Å². The smallest absolute Gasteiger partial charge is 0.269 e. The van der Waals surface area contributed by atoms with Crippen molar-refractivity contribution < 1.29 is 4.92 Å². The van der Waals surface area contributed by atoms with Gasteiger partial charge in [-0.3, -0.25) is 15.1 Å². The number of nitro groups is 1. The number of nitrogens with zero attached hydrogens (tertiary/aromatic N) is 2. The van der Waals surface area contributed by atoms with Crippen molar-refractivity contribution in [3.05, 3.63) is 39.9 Å². The van der Waals surface area contributed by atoms with E-state index in [4.69, 9.17) is 0 Å². The molecule has 1 aromatic rings. The minimum atomic E-state index is -0.375. The molecule has 1 saturated carbocycles. The van der Waals surface area contributed by atoms with Crippen LogP contribution in [-0.2, 0) is 6.54 Å². The molecule has 1 fully saturated rings. The van der Waals surface area contributed by atoms with Crippen molar-refractivity contribution in [1.29, 1.82) is 0 Å². The molecule has 0 aliphatic heterocycles. The Morgan fingerprint density at radius 3 is 2.95 bits per heavy atom. The monoisotopic (exact) mass is 304 g/mol. The van der Waals surface area contributed by atoms with Gasteiger partial charge in [-0.25, -0.2) is 0 Å². The molecule has 2 unspecified atom stereocenters. The average Bonchev–Trinajstić information content (AvgIpc) is 2.51. The molecule has 2 atom stereocenters. The van der Waals surface area contributed by atoms with Crippen LogP contribution in [0, 0.1) is 16.0 Å². The summed E-state index contributed by atoms with van der Waals surface area (Å²) >= 11 is 0. The second-order valence-electron chi connectivity index (χ2n) is 5.97. The van der Waals surface area contributed by atoms with Crippen LogP contribution in [0.1, 0.15) is 38.2 Å². The van der Waals surface area contributed by atoms with Crippen molar-refractivity contribution in [3.8, 4) is 0 Å². The van der Waals surface area contributed by atoms with E-state index >= 15 is 0 Å². The number of nitrogens with one attached hydrogen (secondary N) is 2. The fourth-order valence-electron chi connectivity index (χ4n) is 2.92. The van der Waals surface area contributed by atoms with Gasteiger partial charge in [-0.05, 0) is 24.3 Å². The molecule has 0 saturated heterocycles. The van der Waals surface area contributed by atoms with Crippen molar-refractivity contribution in [3.63, 3.8) is 0 Å². The first kappa shape index (κ1) is 16.3. The second-order valence-corrected chi connectivity index (χ2v) is 5.97. The fraction of sp³-hybridized carbons (Fsp3) is 0.562. The lowest BCUT2D eigenvalue weighted by molar-refractivity contribution is -0.384. The fourth-order valence-corrected chi connectivity index (χ4v) is 2.92. The summed E-state index contributed by atoms with van der Waals surface area (Å²) in [5.74, 6) is 1.51. The molecule has 2 N–H and O–H groups in total. The molecule has 0 radical (unpaired) electrons. The number of benzene rings is 1. The number of aliphatic imine (C=N–C) groups is 1. The second kappa shape index (κ2) is 7.77. The van der Waals surface area contributed by atoms with Gasteiger partial charge in [0.1, 0.15) is 0 Å². The minimum Gasteiger partial charge on any atom is -0.354 e. The average molecular weight is 304 g/mol. The zero-order valence-corrected chi connectivity index (χ0v) is 13.2. The zero-order valence-electron chi connectivity index (χ0n) is 13.2. The number of non-ortho nitro benzene ring substituents is 1. The normalized spacial score (nSPS) is 22.2. The molecule has 6 nitrogen and oxygen atoms in total. The van der Waals surface area contributed by atoms with E-state index in [0.717, 1.165) is 23.9 Å². The molecule has 22 heavy (non-hydrogen) atoms. The van der Waals surface area contributed by atoms with Gasteiger partial charge in [-0.15, -0.1) is 0 Å². The van der Waals surface area contributed by atoms with Crippen LogP contribution in [0.4, 0.5) is 5.69 Å². The number of nitro benzene ring substituents is 1. The van der Waals surface area contributed by atoms with Crippen molar-refractivity contribution in [2.75, 3.05) is 7.05 Å². The minimum absolute atomic E-state index is 0.114. The number of rotatable bonds is 4. The molecule has 1 aromatic carbocycles. The van der Waals surface area contributed by atoms with Gasteiger partial charge >= 0.3 is 0 Å². The summed E-state index contributed by atoms with van der Waals surface area (Å²) in [6.07, 6.45) is 4.89. The lowest BCUT2D eigenvalue weighted by Gasteiger charge is -2.28. The zero-order chi connectivity index (χ0) is 15.9. The van der Waals surface area contributed by atoms with Gasteiger partial charge in [0.25, 0.3) is 5.69 Å². The standard InChI is InChI=1S/C16H24N4O2/c1-12-5-3-7-14(9-12)19-16(17-2)18-11-13-6-4-8-15(10-13)20(21)22/h4,6,8,10,12,14H,3,5,7,9,11H2,1-2H3,(H2,17,18,19). The van der Waals surface area contributed by atoms with E-state index in [1.54, 1.807) is 19.2 Å². The summed E-state index contributed by atoms with van der Waals surface area (Å²) < 4.78 is 0. The summed E-state index contributed by atoms with van der Waals surface area (Å²) in [5.41, 5.74) is 0.984. The Morgan fingerprint density at radius 1 is 1.45 bits per heavy atom. The highest BCUT2D eigenvalue weighted by atomic mass is 16.6. The van der Waals surface area contributed by atoms with Crippen LogP contribution >= 0.6 is 0 Å². The molecular weight excluding hydrogens is 280 g/mol. The molecular formula is C16H24N4O2. The maximum absolute atomic E-state index is 10.8. The Labute approximate surface area is 131 Å². The molecule has 0 aromatic heterocycles. The number of hydrogen-bond acceptors (Lipinski definition) is 3. The van der Waals surface area contributed by atoms with Crippen LogP contribution in [-0.4, -0.2) is 24.0 Å². The van der Waals surface area contributed by atoms with Crippen LogP contribution < -0.4 is 10.6 Å². The summed E-state index contributed by atoms with van der Waals surface area (Å²) in [4.78, 5) is 14.7. The van der Waals surface area contributed by atoms with Gasteiger partial charge in [0, 0.05) is 31.8 Å².